The van der Waals surface area contributed by atoms with E-state index in [9.17, 15) is 18.0 Å². The zero-order chi connectivity index (χ0) is 21.9. The molecule has 0 spiro atoms. The molecule has 2 aromatic carbocycles. The molecule has 1 atom stereocenters. The van der Waals surface area contributed by atoms with E-state index in [2.05, 4.69) is 5.32 Å². The Bertz CT molecular complexity index is 1020. The van der Waals surface area contributed by atoms with Crippen molar-refractivity contribution in [2.24, 2.45) is 5.92 Å². The van der Waals surface area contributed by atoms with Gasteiger partial charge in [0.1, 0.15) is 0 Å². The predicted octanol–water partition coefficient (Wildman–Crippen LogP) is 3.48. The van der Waals surface area contributed by atoms with E-state index in [4.69, 9.17) is 0 Å². The molecule has 3 rings (SSSR count). The first-order valence-corrected chi connectivity index (χ1v) is 11.6. The molecule has 1 aliphatic heterocycles. The van der Waals surface area contributed by atoms with Crippen LogP contribution in [0, 0.1) is 12.8 Å². The minimum atomic E-state index is -3.63. The molecule has 6 nitrogen and oxygen atoms in total. The van der Waals surface area contributed by atoms with Crippen LogP contribution in [0.15, 0.2) is 53.4 Å². The Labute approximate surface area is 178 Å². The summed E-state index contributed by atoms with van der Waals surface area (Å²) in [5.74, 6) is -0.345. The summed E-state index contributed by atoms with van der Waals surface area (Å²) < 4.78 is 27.2. The smallest absolute Gasteiger partial charge is 0.243 e. The highest BCUT2D eigenvalue weighted by Gasteiger charge is 2.32. The number of ketones is 1. The predicted molar refractivity (Wildman–Crippen MR) is 116 cm³/mol. The quantitative estimate of drug-likeness (QED) is 0.714. The molecule has 1 saturated heterocycles. The highest BCUT2D eigenvalue weighted by atomic mass is 32.2. The maximum absolute atomic E-state index is 12.9. The van der Waals surface area contributed by atoms with Gasteiger partial charge in [-0.25, -0.2) is 8.42 Å². The SMILES string of the molecule is CC(=O)c1ccc(S(=O)(=O)N2CCC(C(=O)NC(C)c3ccccc3C)CC2)cc1. The molecule has 1 unspecified atom stereocenters. The maximum atomic E-state index is 12.9. The number of amides is 1. The van der Waals surface area contributed by atoms with Gasteiger partial charge in [0.05, 0.1) is 10.9 Å². The van der Waals surface area contributed by atoms with Gasteiger partial charge in [-0.3, -0.25) is 9.59 Å². The van der Waals surface area contributed by atoms with Gasteiger partial charge in [0, 0.05) is 24.6 Å². The van der Waals surface area contributed by atoms with Crippen LogP contribution in [0.1, 0.15) is 54.2 Å². The third-order valence-electron chi connectivity index (χ3n) is 5.74. The monoisotopic (exact) mass is 428 g/mol. The summed E-state index contributed by atoms with van der Waals surface area (Å²) in [6, 6.07) is 13.8. The highest BCUT2D eigenvalue weighted by Crippen LogP contribution is 2.25. The number of hydrogen-bond donors (Lipinski definition) is 1. The summed E-state index contributed by atoms with van der Waals surface area (Å²) in [6.45, 7) is 6.02. The van der Waals surface area contributed by atoms with Crippen LogP contribution in [0.2, 0.25) is 0 Å². The van der Waals surface area contributed by atoms with Gasteiger partial charge >= 0.3 is 0 Å². The molecular weight excluding hydrogens is 400 g/mol. The summed E-state index contributed by atoms with van der Waals surface area (Å²) in [4.78, 5) is 24.3. The lowest BCUT2D eigenvalue weighted by molar-refractivity contribution is -0.126. The van der Waals surface area contributed by atoms with Crippen molar-refractivity contribution < 1.29 is 18.0 Å². The average Bonchev–Trinajstić information content (AvgIpc) is 2.74. The number of Topliss-reactive ketones (excluding diaryl/α,β-unsaturated/α-hetero) is 1. The molecule has 1 fully saturated rings. The fraction of sp³-hybridized carbons (Fsp3) is 0.391. The van der Waals surface area contributed by atoms with E-state index in [1.54, 1.807) is 0 Å². The van der Waals surface area contributed by atoms with Crippen molar-refractivity contribution in [1.29, 1.82) is 0 Å². The van der Waals surface area contributed by atoms with Crippen LogP contribution in [-0.2, 0) is 14.8 Å². The van der Waals surface area contributed by atoms with Crippen molar-refractivity contribution in [2.75, 3.05) is 13.1 Å². The second-order valence-corrected chi connectivity index (χ2v) is 9.78. The number of sulfonamides is 1. The number of nitrogens with one attached hydrogen (secondary N) is 1. The van der Waals surface area contributed by atoms with Crippen molar-refractivity contribution >= 4 is 21.7 Å². The van der Waals surface area contributed by atoms with E-state index < -0.39 is 10.0 Å². The van der Waals surface area contributed by atoms with Crippen LogP contribution in [-0.4, -0.2) is 37.5 Å². The van der Waals surface area contributed by atoms with E-state index in [1.807, 2.05) is 38.1 Å². The van der Waals surface area contributed by atoms with Crippen LogP contribution in [0.25, 0.3) is 0 Å². The average molecular weight is 429 g/mol. The fourth-order valence-electron chi connectivity index (χ4n) is 3.85. The minimum Gasteiger partial charge on any atom is -0.349 e. The maximum Gasteiger partial charge on any atom is 0.243 e. The Hall–Kier alpha value is -2.51. The van der Waals surface area contributed by atoms with Crippen molar-refractivity contribution in [2.45, 2.75) is 44.6 Å². The van der Waals surface area contributed by atoms with Gasteiger partial charge < -0.3 is 5.32 Å². The Morgan fingerprint density at radius 3 is 2.20 bits per heavy atom. The van der Waals surface area contributed by atoms with E-state index in [-0.39, 0.29) is 28.5 Å². The lowest BCUT2D eigenvalue weighted by atomic mass is 9.96. The van der Waals surface area contributed by atoms with Gasteiger partial charge in [-0.15, -0.1) is 0 Å². The lowest BCUT2D eigenvalue weighted by Gasteiger charge is -2.31. The molecule has 0 saturated carbocycles. The van der Waals surface area contributed by atoms with E-state index >= 15 is 0 Å². The van der Waals surface area contributed by atoms with Crippen LogP contribution in [0.4, 0.5) is 0 Å². The van der Waals surface area contributed by atoms with Gasteiger partial charge in [-0.05, 0) is 56.9 Å². The molecule has 2 aromatic rings. The summed E-state index contributed by atoms with van der Waals surface area (Å²) >= 11 is 0. The van der Waals surface area contributed by atoms with Crippen LogP contribution in [0.5, 0.6) is 0 Å². The second kappa shape index (κ2) is 9.10. The summed E-state index contributed by atoms with van der Waals surface area (Å²) in [7, 11) is -3.63. The first-order valence-electron chi connectivity index (χ1n) is 10.2. The number of benzene rings is 2. The molecule has 1 heterocycles. The van der Waals surface area contributed by atoms with E-state index in [0.717, 1.165) is 11.1 Å². The molecule has 0 aromatic heterocycles. The number of aryl methyl sites for hydroxylation is 1. The van der Waals surface area contributed by atoms with Crippen LogP contribution < -0.4 is 5.32 Å². The Morgan fingerprint density at radius 2 is 1.63 bits per heavy atom. The number of carbonyl (C=O) groups is 2. The Morgan fingerprint density at radius 1 is 1.03 bits per heavy atom. The van der Waals surface area contributed by atoms with Crippen molar-refractivity contribution in [1.82, 2.24) is 9.62 Å². The molecule has 1 aliphatic rings. The van der Waals surface area contributed by atoms with Crippen molar-refractivity contribution in [3.05, 3.63) is 65.2 Å². The van der Waals surface area contributed by atoms with Crippen LogP contribution >= 0.6 is 0 Å². The number of hydrogen-bond acceptors (Lipinski definition) is 4. The highest BCUT2D eigenvalue weighted by molar-refractivity contribution is 7.89. The topological polar surface area (TPSA) is 83.6 Å². The molecule has 0 radical (unpaired) electrons. The zero-order valence-corrected chi connectivity index (χ0v) is 18.4. The zero-order valence-electron chi connectivity index (χ0n) is 17.6. The minimum absolute atomic E-state index is 0.0337. The van der Waals surface area contributed by atoms with Crippen molar-refractivity contribution in [3.63, 3.8) is 0 Å². The summed E-state index contributed by atoms with van der Waals surface area (Å²) in [6.07, 6.45) is 0.966. The first-order chi connectivity index (χ1) is 14.2. The third kappa shape index (κ3) is 4.79. The second-order valence-electron chi connectivity index (χ2n) is 7.85. The number of carbonyl (C=O) groups excluding carboxylic acids is 2. The third-order valence-corrected chi connectivity index (χ3v) is 7.65. The van der Waals surface area contributed by atoms with E-state index in [0.29, 0.717) is 31.5 Å². The first kappa shape index (κ1) is 22.2. The molecule has 1 amide bonds. The van der Waals surface area contributed by atoms with Gasteiger partial charge in [0.15, 0.2) is 5.78 Å². The molecule has 30 heavy (non-hydrogen) atoms. The molecule has 0 bridgehead atoms. The lowest BCUT2D eigenvalue weighted by Crippen LogP contribution is -2.43. The molecule has 1 N–H and O–H groups in total. The number of rotatable bonds is 6. The summed E-state index contributed by atoms with van der Waals surface area (Å²) in [5.41, 5.74) is 2.69. The number of piperidine rings is 1. The molecule has 7 heteroatoms. The van der Waals surface area contributed by atoms with Gasteiger partial charge in [-0.1, -0.05) is 36.4 Å². The molecule has 0 aliphatic carbocycles. The fourth-order valence-corrected chi connectivity index (χ4v) is 5.32. The van der Waals surface area contributed by atoms with Gasteiger partial charge in [0.25, 0.3) is 0 Å². The largest absolute Gasteiger partial charge is 0.349 e. The molecular formula is C23H28N2O4S. The Balaban J connectivity index is 1.60. The summed E-state index contributed by atoms with van der Waals surface area (Å²) in [5, 5.41) is 3.07. The number of nitrogens with zero attached hydrogens (tertiary/aromatic N) is 1. The standard InChI is InChI=1S/C23H28N2O4S/c1-16-6-4-5-7-22(16)17(2)24-23(27)20-12-14-25(15-13-20)30(28,29)21-10-8-19(9-11-21)18(3)26/h4-11,17,20H,12-15H2,1-3H3,(H,24,27). The van der Waals surface area contributed by atoms with Gasteiger partial charge in [-0.2, -0.15) is 4.31 Å². The van der Waals surface area contributed by atoms with Gasteiger partial charge in [0.2, 0.25) is 15.9 Å². The molecule has 160 valence electrons. The normalized spacial score (nSPS) is 16.8. The Kier molecular flexibility index (Phi) is 6.73. The van der Waals surface area contributed by atoms with E-state index in [1.165, 1.54) is 35.5 Å². The van der Waals surface area contributed by atoms with Crippen molar-refractivity contribution in [3.8, 4) is 0 Å². The van der Waals surface area contributed by atoms with Crippen LogP contribution in [0.3, 0.4) is 0 Å².